The van der Waals surface area contributed by atoms with E-state index in [0.29, 0.717) is 12.3 Å². The van der Waals surface area contributed by atoms with Crippen LogP contribution in [0, 0.1) is 6.92 Å². The van der Waals surface area contributed by atoms with Gasteiger partial charge in [0.1, 0.15) is 16.9 Å². The van der Waals surface area contributed by atoms with Crippen molar-refractivity contribution in [2.75, 3.05) is 6.54 Å². The fraction of sp³-hybridized carbons (Fsp3) is 0.346. The Morgan fingerprint density at radius 1 is 1.13 bits per heavy atom. The Morgan fingerprint density at radius 3 is 2.67 bits per heavy atom. The van der Waals surface area contributed by atoms with Gasteiger partial charge in [-0.1, -0.05) is 43.3 Å². The number of amides is 1. The molecule has 1 aliphatic heterocycles. The number of hydrogen-bond donors (Lipinski definition) is 1. The van der Waals surface area contributed by atoms with Crippen LogP contribution in [0.25, 0.3) is 17.0 Å². The number of carbonyl (C=O) groups is 1. The number of aryl methyl sites for hydroxylation is 1. The van der Waals surface area contributed by atoms with E-state index in [1.54, 1.807) is 0 Å². The van der Waals surface area contributed by atoms with Crippen molar-refractivity contribution in [1.82, 2.24) is 5.32 Å². The summed E-state index contributed by atoms with van der Waals surface area (Å²) < 4.78 is 12.4. The van der Waals surface area contributed by atoms with Crippen molar-refractivity contribution in [1.29, 1.82) is 0 Å². The maximum atomic E-state index is 12.9. The molecular weight excluding hydrogens is 374 g/mol. The van der Waals surface area contributed by atoms with Crippen molar-refractivity contribution in [2.45, 2.75) is 51.0 Å². The fourth-order valence-electron chi connectivity index (χ4n) is 4.78. The number of furan rings is 1. The first kappa shape index (κ1) is 19.0. The molecule has 1 aromatic heterocycles. The summed E-state index contributed by atoms with van der Waals surface area (Å²) in [6, 6.07) is 14.1. The van der Waals surface area contributed by atoms with E-state index in [9.17, 15) is 4.79 Å². The maximum absolute atomic E-state index is 12.9. The Bertz CT molecular complexity index is 1120. The molecule has 0 bridgehead atoms. The molecule has 4 heteroatoms. The second-order valence-electron chi connectivity index (χ2n) is 8.64. The highest BCUT2D eigenvalue weighted by Crippen LogP contribution is 2.44. The van der Waals surface area contributed by atoms with Gasteiger partial charge in [0.05, 0.1) is 0 Å². The first-order valence-corrected chi connectivity index (χ1v) is 10.8. The van der Waals surface area contributed by atoms with Crippen molar-refractivity contribution in [3.8, 4) is 5.75 Å². The summed E-state index contributed by atoms with van der Waals surface area (Å²) in [5.74, 6) is 1.33. The highest BCUT2D eigenvalue weighted by molar-refractivity contribution is 6.02. The molecule has 2 aromatic carbocycles. The van der Waals surface area contributed by atoms with E-state index < -0.39 is 0 Å². The Hall–Kier alpha value is -3.01. The first-order valence-electron chi connectivity index (χ1n) is 10.8. The van der Waals surface area contributed by atoms with E-state index in [-0.39, 0.29) is 17.4 Å². The van der Waals surface area contributed by atoms with Gasteiger partial charge in [0.2, 0.25) is 0 Å². The molecule has 0 radical (unpaired) electrons. The number of ether oxygens (including phenoxy) is 1. The topological polar surface area (TPSA) is 51.5 Å². The van der Waals surface area contributed by atoms with Crippen LogP contribution in [-0.2, 0) is 0 Å². The Morgan fingerprint density at radius 2 is 1.90 bits per heavy atom. The molecule has 0 unspecified atom stereocenters. The standard InChI is InChI=1S/C26H27NO3/c1-17(19-8-4-3-5-9-19)16-27-25(28)24-18(2)23-20-12-15-26(13-6-7-14-26)30-21(20)10-11-22(23)29-24/h3-5,8-12,15,17H,6-7,13-14,16H2,1-2H3,(H,27,28)/t17-/m0/s1. The molecule has 1 spiro atoms. The number of benzene rings is 2. The quantitative estimate of drug-likeness (QED) is 0.584. The van der Waals surface area contributed by atoms with Gasteiger partial charge in [0.25, 0.3) is 5.91 Å². The van der Waals surface area contributed by atoms with E-state index in [2.05, 4.69) is 36.5 Å². The largest absolute Gasteiger partial charge is 0.483 e. The van der Waals surface area contributed by atoms with Crippen molar-refractivity contribution in [3.05, 3.63) is 71.0 Å². The van der Waals surface area contributed by atoms with Gasteiger partial charge in [-0.15, -0.1) is 0 Å². The fourth-order valence-corrected chi connectivity index (χ4v) is 4.78. The first-order chi connectivity index (χ1) is 14.6. The zero-order valence-electron chi connectivity index (χ0n) is 17.5. The summed E-state index contributed by atoms with van der Waals surface area (Å²) in [7, 11) is 0. The van der Waals surface area contributed by atoms with Crippen LogP contribution in [-0.4, -0.2) is 18.1 Å². The monoisotopic (exact) mass is 401 g/mol. The van der Waals surface area contributed by atoms with E-state index in [1.807, 2.05) is 37.3 Å². The predicted octanol–water partition coefficient (Wildman–Crippen LogP) is 5.99. The predicted molar refractivity (Wildman–Crippen MR) is 119 cm³/mol. The van der Waals surface area contributed by atoms with Crippen LogP contribution in [0.5, 0.6) is 5.75 Å². The Balaban J connectivity index is 1.40. The molecule has 1 amide bonds. The minimum Gasteiger partial charge on any atom is -0.483 e. The van der Waals surface area contributed by atoms with Crippen LogP contribution >= 0.6 is 0 Å². The minimum atomic E-state index is -0.173. The maximum Gasteiger partial charge on any atom is 0.287 e. The van der Waals surface area contributed by atoms with Crippen LogP contribution in [0.1, 0.15) is 65.8 Å². The van der Waals surface area contributed by atoms with Crippen LogP contribution in [0.4, 0.5) is 0 Å². The Kier molecular flexibility index (Phi) is 4.65. The van der Waals surface area contributed by atoms with Gasteiger partial charge < -0.3 is 14.5 Å². The second kappa shape index (κ2) is 7.35. The molecule has 1 fully saturated rings. The lowest BCUT2D eigenvalue weighted by atomic mass is 9.94. The van der Waals surface area contributed by atoms with E-state index >= 15 is 0 Å². The molecule has 1 atom stereocenters. The lowest BCUT2D eigenvalue weighted by molar-refractivity contribution is 0.0925. The van der Waals surface area contributed by atoms with Gasteiger partial charge in [-0.25, -0.2) is 0 Å². The molecule has 1 saturated carbocycles. The number of carbonyl (C=O) groups excluding carboxylic acids is 1. The highest BCUT2D eigenvalue weighted by atomic mass is 16.5. The Labute approximate surface area is 176 Å². The molecule has 154 valence electrons. The molecular formula is C26H27NO3. The smallest absolute Gasteiger partial charge is 0.287 e. The van der Waals surface area contributed by atoms with Crippen molar-refractivity contribution in [3.63, 3.8) is 0 Å². The SMILES string of the molecule is Cc1c(C(=O)NC[C@H](C)c2ccccc2)oc2ccc3c(c12)C=CC1(CCCC1)O3. The summed E-state index contributed by atoms with van der Waals surface area (Å²) in [4.78, 5) is 12.9. The van der Waals surface area contributed by atoms with Crippen LogP contribution in [0.3, 0.4) is 0 Å². The summed E-state index contributed by atoms with van der Waals surface area (Å²) in [5, 5.41) is 4.01. The normalized spacial score (nSPS) is 17.7. The molecule has 2 aliphatic rings. The third-order valence-corrected chi connectivity index (χ3v) is 6.56. The summed E-state index contributed by atoms with van der Waals surface area (Å²) >= 11 is 0. The zero-order chi connectivity index (χ0) is 20.7. The second-order valence-corrected chi connectivity index (χ2v) is 8.64. The van der Waals surface area contributed by atoms with Gasteiger partial charge in [0.15, 0.2) is 5.76 Å². The summed E-state index contributed by atoms with van der Waals surface area (Å²) in [6.07, 6.45) is 8.91. The molecule has 1 aliphatic carbocycles. The van der Waals surface area contributed by atoms with Gasteiger partial charge in [-0.3, -0.25) is 4.79 Å². The molecule has 0 saturated heterocycles. The minimum absolute atomic E-state index is 0.147. The lowest BCUT2D eigenvalue weighted by Crippen LogP contribution is -2.31. The van der Waals surface area contributed by atoms with Crippen molar-refractivity contribution < 1.29 is 13.9 Å². The third kappa shape index (κ3) is 3.20. The van der Waals surface area contributed by atoms with Crippen LogP contribution in [0.15, 0.2) is 53.0 Å². The molecule has 5 rings (SSSR count). The molecule has 3 aromatic rings. The summed E-state index contributed by atoms with van der Waals surface area (Å²) in [6.45, 7) is 4.62. The molecule has 1 N–H and O–H groups in total. The average Bonchev–Trinajstić information content (AvgIpc) is 3.37. The third-order valence-electron chi connectivity index (χ3n) is 6.56. The van der Waals surface area contributed by atoms with E-state index in [0.717, 1.165) is 40.7 Å². The lowest BCUT2D eigenvalue weighted by Gasteiger charge is -2.31. The number of hydrogen-bond acceptors (Lipinski definition) is 3. The van der Waals surface area contributed by atoms with Gasteiger partial charge in [0, 0.05) is 23.1 Å². The van der Waals surface area contributed by atoms with Crippen LogP contribution < -0.4 is 10.1 Å². The van der Waals surface area contributed by atoms with E-state index in [1.165, 1.54) is 18.4 Å². The number of fused-ring (bicyclic) bond motifs is 3. The summed E-state index contributed by atoms with van der Waals surface area (Å²) in [5.41, 5.74) is 3.66. The van der Waals surface area contributed by atoms with Gasteiger partial charge >= 0.3 is 0 Å². The van der Waals surface area contributed by atoms with Gasteiger partial charge in [-0.2, -0.15) is 0 Å². The van der Waals surface area contributed by atoms with Gasteiger partial charge in [-0.05, 0) is 62.3 Å². The molecule has 30 heavy (non-hydrogen) atoms. The van der Waals surface area contributed by atoms with Crippen molar-refractivity contribution >= 4 is 23.0 Å². The van der Waals surface area contributed by atoms with Crippen molar-refractivity contribution in [2.24, 2.45) is 0 Å². The highest BCUT2D eigenvalue weighted by Gasteiger charge is 2.36. The molecule has 4 nitrogen and oxygen atoms in total. The van der Waals surface area contributed by atoms with E-state index in [4.69, 9.17) is 9.15 Å². The average molecular weight is 402 g/mol. The number of rotatable bonds is 4. The number of nitrogens with one attached hydrogen (secondary N) is 1. The molecule has 2 heterocycles. The van der Waals surface area contributed by atoms with Crippen LogP contribution in [0.2, 0.25) is 0 Å². The zero-order valence-corrected chi connectivity index (χ0v) is 17.5.